The molecule has 1 aliphatic heterocycles. The maximum Gasteiger partial charge on any atom is 0.341 e. The Kier molecular flexibility index (Phi) is 7.82. The maximum atomic E-state index is 13.3. The van der Waals surface area contributed by atoms with Gasteiger partial charge >= 0.3 is 11.9 Å². The van der Waals surface area contributed by atoms with E-state index < -0.39 is 24.5 Å². The van der Waals surface area contributed by atoms with Crippen LogP contribution in [0.2, 0.25) is 0 Å². The van der Waals surface area contributed by atoms with Crippen molar-refractivity contribution in [1.29, 1.82) is 0 Å². The Balaban J connectivity index is 1.90. The van der Waals surface area contributed by atoms with Gasteiger partial charge in [-0.05, 0) is 66.2 Å². The lowest BCUT2D eigenvalue weighted by Crippen LogP contribution is -2.39. The highest BCUT2D eigenvalue weighted by Gasteiger charge is 2.43. The second-order valence-electron chi connectivity index (χ2n) is 8.95. The third-order valence-corrected chi connectivity index (χ3v) is 7.23. The number of carboxylic acid groups (broad SMARTS) is 2. The Bertz CT molecular complexity index is 1140. The van der Waals surface area contributed by atoms with Crippen molar-refractivity contribution < 1.29 is 38.9 Å². The van der Waals surface area contributed by atoms with Gasteiger partial charge in [-0.25, -0.2) is 4.79 Å². The van der Waals surface area contributed by atoms with Crippen molar-refractivity contribution in [2.45, 2.75) is 57.8 Å². The first-order valence-corrected chi connectivity index (χ1v) is 12.8. The topological polar surface area (TPSA) is 130 Å². The predicted octanol–water partition coefficient (Wildman–Crippen LogP) is 4.20. The van der Waals surface area contributed by atoms with E-state index in [1.807, 2.05) is 4.90 Å². The van der Waals surface area contributed by atoms with Gasteiger partial charge in [0.1, 0.15) is 0 Å². The number of hydrogen-bond donors (Lipinski definition) is 2. The van der Waals surface area contributed by atoms with E-state index in [9.17, 15) is 24.3 Å². The summed E-state index contributed by atoms with van der Waals surface area (Å²) in [6, 6.07) is 3.46. The number of ketones is 2. The molecule has 0 spiro atoms. The average molecular weight is 562 g/mol. The molecule has 1 aromatic carbocycles. The summed E-state index contributed by atoms with van der Waals surface area (Å²) in [6.07, 6.45) is 3.20. The molecule has 2 N–H and O–H groups in total. The molecule has 192 valence electrons. The molecular weight excluding hydrogens is 534 g/mol. The van der Waals surface area contributed by atoms with E-state index in [0.29, 0.717) is 72.1 Å². The number of carboxylic acids is 2. The van der Waals surface area contributed by atoms with Crippen LogP contribution >= 0.6 is 15.9 Å². The fourth-order valence-electron chi connectivity index (χ4n) is 5.32. The predicted molar refractivity (Wildman–Crippen MR) is 132 cm³/mol. The number of hydrogen-bond acceptors (Lipinski definition) is 7. The fraction of sp³-hybridized carbons (Fsp3) is 0.462. The Morgan fingerprint density at radius 3 is 2.11 bits per heavy atom. The Morgan fingerprint density at radius 1 is 0.972 bits per heavy atom. The van der Waals surface area contributed by atoms with Crippen molar-refractivity contribution in [3.63, 3.8) is 0 Å². The molecule has 3 aliphatic rings. The molecule has 0 fully saturated rings. The summed E-state index contributed by atoms with van der Waals surface area (Å²) >= 11 is 3.47. The number of halogens is 1. The SMILES string of the molecule is CCOc1cc(C2C3=C(CCCC3=O)N(CCC(=O)O)C3=C2C(=O)CCC3)cc(Br)c1OCC(=O)O. The molecule has 36 heavy (non-hydrogen) atoms. The molecule has 1 heterocycles. The summed E-state index contributed by atoms with van der Waals surface area (Å²) in [7, 11) is 0. The van der Waals surface area contributed by atoms with E-state index >= 15 is 0 Å². The first-order chi connectivity index (χ1) is 17.2. The van der Waals surface area contributed by atoms with Gasteiger partial charge in [0, 0.05) is 47.8 Å². The lowest BCUT2D eigenvalue weighted by Gasteiger charge is -2.44. The van der Waals surface area contributed by atoms with Gasteiger partial charge in [-0.1, -0.05) is 0 Å². The molecule has 0 bridgehead atoms. The standard InChI is InChI=1S/C26H28BrNO8/c1-2-35-20-12-14(11-15(27)26(20)36-13-22(33)34)23-24-16(5-3-7-18(24)29)28(10-9-21(31)32)17-6-4-8-19(30)25(17)23/h11-12,23H,2-10,13H2,1H3,(H,31,32)(H,33,34). The molecule has 0 saturated heterocycles. The minimum absolute atomic E-state index is 0.0493. The summed E-state index contributed by atoms with van der Waals surface area (Å²) < 4.78 is 11.7. The zero-order valence-electron chi connectivity index (χ0n) is 20.0. The summed E-state index contributed by atoms with van der Waals surface area (Å²) in [5.41, 5.74) is 3.33. The van der Waals surface area contributed by atoms with Crippen LogP contribution in [0, 0.1) is 0 Å². The molecule has 0 saturated carbocycles. The third-order valence-electron chi connectivity index (χ3n) is 6.64. The number of nitrogens with zero attached hydrogens (tertiary/aromatic N) is 1. The van der Waals surface area contributed by atoms with Crippen LogP contribution in [-0.2, 0) is 19.2 Å². The van der Waals surface area contributed by atoms with Gasteiger partial charge in [-0.15, -0.1) is 0 Å². The van der Waals surface area contributed by atoms with Gasteiger partial charge in [0.15, 0.2) is 29.7 Å². The van der Waals surface area contributed by atoms with Crippen LogP contribution in [0.3, 0.4) is 0 Å². The Morgan fingerprint density at radius 2 is 1.58 bits per heavy atom. The first kappa shape index (κ1) is 25.9. The summed E-state index contributed by atoms with van der Waals surface area (Å²) in [5.74, 6) is -2.23. The monoisotopic (exact) mass is 561 g/mol. The lowest BCUT2D eigenvalue weighted by atomic mass is 9.71. The second kappa shape index (κ2) is 10.9. The summed E-state index contributed by atoms with van der Waals surface area (Å²) in [5, 5.41) is 18.4. The van der Waals surface area contributed by atoms with Crippen molar-refractivity contribution in [3.05, 3.63) is 44.7 Å². The molecule has 0 amide bonds. The van der Waals surface area contributed by atoms with Crippen LogP contribution in [-0.4, -0.2) is 58.4 Å². The molecular formula is C26H28BrNO8. The second-order valence-corrected chi connectivity index (χ2v) is 9.80. The Hall–Kier alpha value is -3.14. The van der Waals surface area contributed by atoms with Gasteiger partial charge in [-0.2, -0.15) is 0 Å². The molecule has 10 heteroatoms. The normalized spacial score (nSPS) is 18.2. The molecule has 0 atom stereocenters. The lowest BCUT2D eigenvalue weighted by molar-refractivity contribution is -0.139. The molecule has 0 unspecified atom stereocenters. The average Bonchev–Trinajstić information content (AvgIpc) is 2.81. The van der Waals surface area contributed by atoms with Crippen LogP contribution in [0.4, 0.5) is 0 Å². The van der Waals surface area contributed by atoms with Crippen LogP contribution in [0.1, 0.15) is 63.4 Å². The number of ether oxygens (including phenoxy) is 2. The number of carbonyl (C=O) groups is 4. The minimum Gasteiger partial charge on any atom is -0.490 e. The summed E-state index contributed by atoms with van der Waals surface area (Å²) in [4.78, 5) is 51.1. The number of benzene rings is 1. The van der Waals surface area contributed by atoms with E-state index in [4.69, 9.17) is 14.6 Å². The highest BCUT2D eigenvalue weighted by Crippen LogP contribution is 2.51. The van der Waals surface area contributed by atoms with Crippen molar-refractivity contribution in [3.8, 4) is 11.5 Å². The number of rotatable bonds is 9. The highest BCUT2D eigenvalue weighted by atomic mass is 79.9. The number of aliphatic carboxylic acids is 2. The van der Waals surface area contributed by atoms with Crippen molar-refractivity contribution >= 4 is 39.4 Å². The van der Waals surface area contributed by atoms with Crippen LogP contribution < -0.4 is 9.47 Å². The van der Waals surface area contributed by atoms with Crippen LogP contribution in [0.25, 0.3) is 0 Å². The minimum atomic E-state index is -1.13. The van der Waals surface area contributed by atoms with Gasteiger partial charge < -0.3 is 24.6 Å². The molecule has 0 aromatic heterocycles. The number of allylic oxidation sites excluding steroid dienone is 4. The molecule has 0 radical (unpaired) electrons. The molecule has 9 nitrogen and oxygen atoms in total. The fourth-order valence-corrected chi connectivity index (χ4v) is 5.89. The first-order valence-electron chi connectivity index (χ1n) is 12.1. The molecule has 4 rings (SSSR count). The van der Waals surface area contributed by atoms with Gasteiger partial charge in [0.25, 0.3) is 0 Å². The number of Topliss-reactive ketones (excluding diaryl/α,β-unsaturated/α-hetero) is 2. The van der Waals surface area contributed by atoms with E-state index in [2.05, 4.69) is 15.9 Å². The molecule has 1 aromatic rings. The van der Waals surface area contributed by atoms with Crippen LogP contribution in [0.15, 0.2) is 39.1 Å². The zero-order chi connectivity index (χ0) is 26.0. The smallest absolute Gasteiger partial charge is 0.341 e. The quantitative estimate of drug-likeness (QED) is 0.455. The van der Waals surface area contributed by atoms with E-state index in [0.717, 1.165) is 11.4 Å². The van der Waals surface area contributed by atoms with Crippen molar-refractivity contribution in [2.24, 2.45) is 0 Å². The van der Waals surface area contributed by atoms with Crippen molar-refractivity contribution in [2.75, 3.05) is 19.8 Å². The van der Waals surface area contributed by atoms with E-state index in [1.165, 1.54) is 0 Å². The van der Waals surface area contributed by atoms with E-state index in [1.54, 1.807) is 19.1 Å². The van der Waals surface area contributed by atoms with Crippen LogP contribution in [0.5, 0.6) is 11.5 Å². The zero-order valence-corrected chi connectivity index (χ0v) is 21.6. The highest BCUT2D eigenvalue weighted by molar-refractivity contribution is 9.10. The largest absolute Gasteiger partial charge is 0.490 e. The third kappa shape index (κ3) is 5.04. The van der Waals surface area contributed by atoms with E-state index in [-0.39, 0.29) is 30.3 Å². The Labute approximate surface area is 216 Å². The van der Waals surface area contributed by atoms with Gasteiger partial charge in [0.2, 0.25) is 0 Å². The van der Waals surface area contributed by atoms with Gasteiger partial charge in [-0.3, -0.25) is 14.4 Å². The van der Waals surface area contributed by atoms with Gasteiger partial charge in [0.05, 0.1) is 17.5 Å². The maximum absolute atomic E-state index is 13.3. The number of carbonyl (C=O) groups excluding carboxylic acids is 2. The molecule has 2 aliphatic carbocycles. The van der Waals surface area contributed by atoms with Crippen molar-refractivity contribution in [1.82, 2.24) is 4.90 Å². The summed E-state index contributed by atoms with van der Waals surface area (Å²) in [6.45, 7) is 1.74.